The van der Waals surface area contributed by atoms with Crippen LogP contribution in [0.3, 0.4) is 0 Å². The minimum Gasteiger partial charge on any atom is -0.388 e. The van der Waals surface area contributed by atoms with Crippen molar-refractivity contribution in [1.82, 2.24) is 4.31 Å². The summed E-state index contributed by atoms with van der Waals surface area (Å²) in [7, 11) is -4.32. The Morgan fingerprint density at radius 1 is 1.14 bits per heavy atom. The molecule has 2 aromatic rings. The van der Waals surface area contributed by atoms with Crippen LogP contribution >= 0.6 is 0 Å². The van der Waals surface area contributed by atoms with Crippen LogP contribution in [0.4, 0.5) is 5.69 Å². The van der Waals surface area contributed by atoms with Crippen LogP contribution in [0.25, 0.3) is 0 Å². The van der Waals surface area contributed by atoms with Gasteiger partial charge in [-0.3, -0.25) is 10.1 Å². The SMILES string of the molecule is O=[N+]([O-])c1ccccc1S(=O)(=O)N1Cc2ccccc2C(O)(C2=CC=C2)C(O)C1. The molecule has 150 valence electrons. The van der Waals surface area contributed by atoms with Crippen LogP contribution in [0.5, 0.6) is 0 Å². The number of sulfonamides is 1. The second-order valence-electron chi connectivity index (χ2n) is 6.94. The highest BCUT2D eigenvalue weighted by Gasteiger charge is 2.47. The first kappa shape index (κ1) is 19.5. The second-order valence-corrected chi connectivity index (χ2v) is 8.85. The molecule has 0 amide bonds. The number of aliphatic hydroxyl groups excluding tert-OH is 1. The third-order valence-corrected chi connectivity index (χ3v) is 7.16. The van der Waals surface area contributed by atoms with Gasteiger partial charge in [0.2, 0.25) is 10.0 Å². The number of aliphatic hydroxyl groups is 2. The molecule has 8 nitrogen and oxygen atoms in total. The van der Waals surface area contributed by atoms with Crippen molar-refractivity contribution in [3.63, 3.8) is 0 Å². The van der Waals surface area contributed by atoms with Gasteiger partial charge in [-0.1, -0.05) is 54.6 Å². The van der Waals surface area contributed by atoms with Gasteiger partial charge in [-0.2, -0.15) is 4.31 Å². The molecule has 0 fully saturated rings. The first-order valence-corrected chi connectivity index (χ1v) is 10.3. The van der Waals surface area contributed by atoms with Gasteiger partial charge in [-0.15, -0.1) is 0 Å². The Balaban J connectivity index is 1.84. The number of fused-ring (bicyclic) bond motifs is 1. The third kappa shape index (κ3) is 2.99. The maximum atomic E-state index is 13.3. The Hall–Kier alpha value is -2.85. The third-order valence-electron chi connectivity index (χ3n) is 5.30. The Morgan fingerprint density at radius 3 is 2.45 bits per heavy atom. The molecular weight excluding hydrogens is 396 g/mol. The maximum absolute atomic E-state index is 13.3. The monoisotopic (exact) mass is 414 g/mol. The predicted molar refractivity (Wildman–Crippen MR) is 104 cm³/mol. The van der Waals surface area contributed by atoms with E-state index in [1.807, 2.05) is 0 Å². The number of rotatable bonds is 4. The summed E-state index contributed by atoms with van der Waals surface area (Å²) in [6.07, 6.45) is 3.56. The highest BCUT2D eigenvalue weighted by Crippen LogP contribution is 2.42. The van der Waals surface area contributed by atoms with Crippen molar-refractivity contribution in [2.45, 2.75) is 23.1 Å². The Labute approximate surface area is 167 Å². The van der Waals surface area contributed by atoms with Crippen LogP contribution in [0.2, 0.25) is 0 Å². The molecule has 2 aliphatic rings. The van der Waals surface area contributed by atoms with Crippen LogP contribution in [-0.2, 0) is 22.2 Å². The summed E-state index contributed by atoms with van der Waals surface area (Å²) < 4.78 is 27.5. The molecule has 2 N–H and O–H groups in total. The summed E-state index contributed by atoms with van der Waals surface area (Å²) in [4.78, 5) is 10.1. The fourth-order valence-corrected chi connectivity index (χ4v) is 5.31. The van der Waals surface area contributed by atoms with Gasteiger partial charge in [-0.25, -0.2) is 8.42 Å². The van der Waals surface area contributed by atoms with E-state index in [9.17, 15) is 28.7 Å². The zero-order chi connectivity index (χ0) is 20.8. The summed E-state index contributed by atoms with van der Waals surface area (Å²) in [5.74, 6) is 0. The van der Waals surface area contributed by atoms with E-state index in [1.165, 1.54) is 18.2 Å². The van der Waals surface area contributed by atoms with Gasteiger partial charge in [0.25, 0.3) is 5.69 Å². The van der Waals surface area contributed by atoms with Gasteiger partial charge >= 0.3 is 0 Å². The second kappa shape index (κ2) is 6.89. The molecule has 1 aliphatic heterocycles. The van der Waals surface area contributed by atoms with Crippen molar-refractivity contribution in [2.75, 3.05) is 6.54 Å². The topological polar surface area (TPSA) is 121 Å². The number of hydrogen-bond acceptors (Lipinski definition) is 6. The number of benzene rings is 2. The minimum atomic E-state index is -4.32. The summed E-state index contributed by atoms with van der Waals surface area (Å²) >= 11 is 0. The number of nitro groups is 1. The first-order chi connectivity index (χ1) is 13.8. The summed E-state index contributed by atoms with van der Waals surface area (Å²) in [5.41, 5.74) is -0.932. The minimum absolute atomic E-state index is 0.138. The fourth-order valence-electron chi connectivity index (χ4n) is 3.73. The molecule has 29 heavy (non-hydrogen) atoms. The molecule has 0 spiro atoms. The molecule has 2 aromatic carbocycles. The molecule has 0 saturated carbocycles. The molecule has 0 saturated heterocycles. The first-order valence-electron chi connectivity index (χ1n) is 8.87. The number of β-amino-alcohol motifs (C(OH)–C–C–N with tert-alkyl or cyclic N) is 1. The van der Waals surface area contributed by atoms with Gasteiger partial charge in [0, 0.05) is 19.2 Å². The molecule has 0 aromatic heterocycles. The van der Waals surface area contributed by atoms with E-state index in [1.54, 1.807) is 42.5 Å². The van der Waals surface area contributed by atoms with E-state index in [0.717, 1.165) is 10.4 Å². The Kier molecular flexibility index (Phi) is 4.62. The van der Waals surface area contributed by atoms with E-state index in [-0.39, 0.29) is 6.54 Å². The lowest BCUT2D eigenvalue weighted by atomic mass is 9.77. The molecule has 9 heteroatoms. The van der Waals surface area contributed by atoms with E-state index in [2.05, 4.69) is 0 Å². The average Bonchev–Trinajstić information content (AvgIpc) is 2.76. The van der Waals surface area contributed by atoms with Crippen molar-refractivity contribution < 1.29 is 23.6 Å². The molecule has 2 atom stereocenters. The van der Waals surface area contributed by atoms with Crippen molar-refractivity contribution in [2.24, 2.45) is 0 Å². The van der Waals surface area contributed by atoms with Gasteiger partial charge in [0.05, 0.1) is 4.92 Å². The molecule has 0 radical (unpaired) electrons. The summed E-state index contributed by atoms with van der Waals surface area (Å²) in [5, 5.41) is 33.6. The van der Waals surface area contributed by atoms with Crippen LogP contribution in [-0.4, -0.2) is 40.5 Å². The molecular formula is C20H18N2O6S. The van der Waals surface area contributed by atoms with E-state index >= 15 is 0 Å². The van der Waals surface area contributed by atoms with Crippen LogP contribution in [0.15, 0.2) is 77.2 Å². The van der Waals surface area contributed by atoms with Crippen molar-refractivity contribution >= 4 is 15.7 Å². The van der Waals surface area contributed by atoms with Gasteiger partial charge in [-0.05, 0) is 22.8 Å². The highest BCUT2D eigenvalue weighted by atomic mass is 32.2. The zero-order valence-electron chi connectivity index (χ0n) is 15.2. The fraction of sp³-hybridized carbons (Fsp3) is 0.200. The summed E-state index contributed by atoms with van der Waals surface area (Å²) in [6, 6.07) is 11.8. The average molecular weight is 414 g/mol. The predicted octanol–water partition coefficient (Wildman–Crippen LogP) is 1.84. The van der Waals surface area contributed by atoms with E-state index in [4.69, 9.17) is 0 Å². The lowest BCUT2D eigenvalue weighted by Gasteiger charge is -2.36. The Morgan fingerprint density at radius 2 is 1.79 bits per heavy atom. The normalized spacial score (nSPS) is 24.2. The van der Waals surface area contributed by atoms with Crippen LogP contribution in [0.1, 0.15) is 11.1 Å². The van der Waals surface area contributed by atoms with Crippen molar-refractivity contribution in [3.05, 3.63) is 93.6 Å². The Bertz CT molecular complexity index is 1160. The largest absolute Gasteiger partial charge is 0.388 e. The van der Waals surface area contributed by atoms with E-state index in [0.29, 0.717) is 16.7 Å². The van der Waals surface area contributed by atoms with Crippen LogP contribution in [0, 0.1) is 10.1 Å². The number of allylic oxidation sites excluding steroid dienone is 2. The van der Waals surface area contributed by atoms with Gasteiger partial charge < -0.3 is 10.2 Å². The maximum Gasteiger partial charge on any atom is 0.289 e. The lowest BCUT2D eigenvalue weighted by Crippen LogP contribution is -2.47. The quantitative estimate of drug-likeness (QED) is 0.582. The molecule has 0 bridgehead atoms. The van der Waals surface area contributed by atoms with Gasteiger partial charge in [0.15, 0.2) is 4.90 Å². The van der Waals surface area contributed by atoms with Crippen LogP contribution < -0.4 is 0 Å². The molecule has 1 aliphatic carbocycles. The molecule has 1 heterocycles. The van der Waals surface area contributed by atoms with Crippen molar-refractivity contribution in [1.29, 1.82) is 0 Å². The van der Waals surface area contributed by atoms with Crippen molar-refractivity contribution in [3.8, 4) is 0 Å². The van der Waals surface area contributed by atoms with Gasteiger partial charge in [0.1, 0.15) is 11.7 Å². The standard InChI is InChI=1S/C20H18N2O6S/c23-19-13-21(29(27,28)18-11-4-3-10-17(18)22(25)26)12-14-6-1-2-9-16(14)20(19,24)15-7-5-8-15/h1-11,19,23-24H,12-13H2. The molecule has 4 rings (SSSR count). The smallest absolute Gasteiger partial charge is 0.289 e. The van der Waals surface area contributed by atoms with E-state index < -0.39 is 43.8 Å². The number of nitro benzene ring substituents is 1. The number of nitrogens with zero attached hydrogens (tertiary/aromatic N) is 2. The summed E-state index contributed by atoms with van der Waals surface area (Å²) in [6.45, 7) is -0.564. The highest BCUT2D eigenvalue weighted by molar-refractivity contribution is 7.89. The number of hydrogen-bond donors (Lipinski definition) is 2. The molecule has 2 unspecified atom stereocenters. The number of para-hydroxylation sites is 1. The zero-order valence-corrected chi connectivity index (χ0v) is 16.0. The lowest BCUT2D eigenvalue weighted by molar-refractivity contribution is -0.387.